The van der Waals surface area contributed by atoms with Crippen LogP contribution in [0.15, 0.2) is 12.2 Å². The lowest BCUT2D eigenvalue weighted by Gasteiger charge is -2.15. The van der Waals surface area contributed by atoms with Crippen molar-refractivity contribution in [2.75, 3.05) is 0 Å². The Balaban J connectivity index is 3.32. The fraction of sp³-hybridized carbons (Fsp3) is 0.933. The molecule has 0 fully saturated rings. The maximum atomic E-state index is 2.48. The van der Waals surface area contributed by atoms with Crippen LogP contribution in [0, 0.1) is 11.8 Å². The number of hydrogen-bond donors (Lipinski definition) is 0. The van der Waals surface area contributed by atoms with Crippen LogP contribution in [0.2, 0.25) is 0 Å². The van der Waals surface area contributed by atoms with Crippen LogP contribution in [0.3, 0.4) is 0 Å². The molecule has 0 aromatic rings. The Morgan fingerprint density at radius 3 is 1.20 bits per heavy atom. The van der Waals surface area contributed by atoms with E-state index in [2.05, 4.69) is 39.8 Å². The Hall–Kier alpha value is -0.260. The van der Waals surface area contributed by atoms with Crippen LogP contribution in [0.4, 0.5) is 0 Å². The van der Waals surface area contributed by atoms with Gasteiger partial charge in [0.1, 0.15) is 0 Å². The molecule has 0 bridgehead atoms. The second-order valence-electron chi connectivity index (χ2n) is 10.4. The van der Waals surface area contributed by atoms with Crippen molar-refractivity contribution in [3.8, 4) is 0 Å². The van der Waals surface area contributed by atoms with Gasteiger partial charge in [0.15, 0.2) is 0 Å². The maximum absolute atomic E-state index is 2.48. The molecule has 0 rings (SSSR count). The van der Waals surface area contributed by atoms with Gasteiger partial charge in [-0.25, -0.2) is 0 Å². The van der Waals surface area contributed by atoms with E-state index in [1.807, 2.05) is 0 Å². The van der Waals surface area contributed by atoms with Crippen LogP contribution in [0.25, 0.3) is 0 Å². The van der Waals surface area contributed by atoms with Crippen molar-refractivity contribution in [1.29, 1.82) is 0 Å². The summed E-state index contributed by atoms with van der Waals surface area (Å²) < 4.78 is 0. The normalized spacial score (nSPS) is 13.9. The van der Waals surface area contributed by atoms with Gasteiger partial charge in [0, 0.05) is 0 Å². The number of unbranched alkanes of at least 4 members (excludes halogenated alkanes) is 15. The smallest absolute Gasteiger partial charge is 0.0351 e. The standard InChI is InChI=1S/C30H60/c1-5-7-9-11-12-13-14-15-16-17-18-19-20-22-24-26-30(4)28-27-29(3)25-23-21-10-8-6-2/h18-19,29-30H,5-17,20-28H2,1-4H3/b19-18+. The van der Waals surface area contributed by atoms with Gasteiger partial charge in [-0.15, -0.1) is 0 Å². The predicted octanol–water partition coefficient (Wildman–Crippen LogP) is 11.4. The largest absolute Gasteiger partial charge is 0.0885 e. The maximum Gasteiger partial charge on any atom is -0.0351 e. The van der Waals surface area contributed by atoms with Crippen LogP contribution < -0.4 is 0 Å². The Labute approximate surface area is 193 Å². The van der Waals surface area contributed by atoms with E-state index in [9.17, 15) is 0 Å². The Morgan fingerprint density at radius 2 is 0.733 bits per heavy atom. The zero-order chi connectivity index (χ0) is 22.1. The predicted molar refractivity (Wildman–Crippen MR) is 140 cm³/mol. The Bertz CT molecular complexity index is 329. The Morgan fingerprint density at radius 1 is 0.400 bits per heavy atom. The van der Waals surface area contributed by atoms with Gasteiger partial charge in [-0.1, -0.05) is 155 Å². The molecule has 0 aliphatic carbocycles. The van der Waals surface area contributed by atoms with Gasteiger partial charge in [-0.05, 0) is 37.5 Å². The number of allylic oxidation sites excluding steroid dienone is 2. The second-order valence-corrected chi connectivity index (χ2v) is 10.4. The molecular weight excluding hydrogens is 360 g/mol. The molecule has 180 valence electrons. The van der Waals surface area contributed by atoms with Gasteiger partial charge >= 0.3 is 0 Å². The molecule has 0 N–H and O–H groups in total. The molecular formula is C30H60. The molecule has 2 unspecified atom stereocenters. The summed E-state index contributed by atoms with van der Waals surface area (Å²) in [5, 5.41) is 0. The van der Waals surface area contributed by atoms with Crippen molar-refractivity contribution in [3.05, 3.63) is 12.2 Å². The fourth-order valence-corrected chi connectivity index (χ4v) is 4.52. The third-order valence-corrected chi connectivity index (χ3v) is 6.91. The molecule has 0 aliphatic rings. The number of rotatable bonds is 24. The highest BCUT2D eigenvalue weighted by Crippen LogP contribution is 2.22. The first-order chi connectivity index (χ1) is 14.7. The quantitative estimate of drug-likeness (QED) is 0.107. The van der Waals surface area contributed by atoms with Gasteiger partial charge in [-0.3, -0.25) is 0 Å². The zero-order valence-corrected chi connectivity index (χ0v) is 21.9. The number of hydrogen-bond acceptors (Lipinski definition) is 0. The molecule has 0 aromatic heterocycles. The first-order valence-corrected chi connectivity index (χ1v) is 14.4. The van der Waals surface area contributed by atoms with Crippen molar-refractivity contribution in [1.82, 2.24) is 0 Å². The van der Waals surface area contributed by atoms with Gasteiger partial charge in [0.05, 0.1) is 0 Å². The minimum absolute atomic E-state index is 0.929. The lowest BCUT2D eigenvalue weighted by atomic mass is 9.91. The lowest BCUT2D eigenvalue weighted by Crippen LogP contribution is -2.01. The molecule has 0 nitrogen and oxygen atoms in total. The topological polar surface area (TPSA) is 0 Å². The monoisotopic (exact) mass is 420 g/mol. The first kappa shape index (κ1) is 29.7. The van der Waals surface area contributed by atoms with E-state index < -0.39 is 0 Å². The van der Waals surface area contributed by atoms with Crippen LogP contribution in [-0.4, -0.2) is 0 Å². The van der Waals surface area contributed by atoms with Crippen LogP contribution in [0.5, 0.6) is 0 Å². The van der Waals surface area contributed by atoms with Crippen molar-refractivity contribution < 1.29 is 0 Å². The van der Waals surface area contributed by atoms with E-state index in [1.165, 1.54) is 141 Å². The van der Waals surface area contributed by atoms with Crippen molar-refractivity contribution in [2.45, 2.75) is 169 Å². The molecule has 0 heteroatoms. The molecule has 0 heterocycles. The summed E-state index contributed by atoms with van der Waals surface area (Å²) in [5.41, 5.74) is 0. The minimum Gasteiger partial charge on any atom is -0.0885 e. The summed E-state index contributed by atoms with van der Waals surface area (Å²) in [7, 11) is 0. The minimum atomic E-state index is 0.929. The second kappa shape index (κ2) is 25.0. The molecule has 0 spiro atoms. The fourth-order valence-electron chi connectivity index (χ4n) is 4.52. The molecule has 0 aromatic carbocycles. The molecule has 0 amide bonds. The zero-order valence-electron chi connectivity index (χ0n) is 21.9. The van der Waals surface area contributed by atoms with Gasteiger partial charge < -0.3 is 0 Å². The van der Waals surface area contributed by atoms with Gasteiger partial charge in [-0.2, -0.15) is 0 Å². The summed E-state index contributed by atoms with van der Waals surface area (Å²) in [6, 6.07) is 0. The molecule has 0 saturated carbocycles. The average Bonchev–Trinajstić information content (AvgIpc) is 2.74. The van der Waals surface area contributed by atoms with E-state index in [1.54, 1.807) is 0 Å². The highest BCUT2D eigenvalue weighted by Gasteiger charge is 2.06. The van der Waals surface area contributed by atoms with E-state index >= 15 is 0 Å². The molecule has 0 radical (unpaired) electrons. The van der Waals surface area contributed by atoms with Crippen molar-refractivity contribution in [2.24, 2.45) is 11.8 Å². The van der Waals surface area contributed by atoms with Crippen molar-refractivity contribution >= 4 is 0 Å². The van der Waals surface area contributed by atoms with E-state index in [0.29, 0.717) is 0 Å². The third kappa shape index (κ3) is 24.0. The molecule has 2 atom stereocenters. The summed E-state index contributed by atoms with van der Waals surface area (Å²) in [4.78, 5) is 0. The van der Waals surface area contributed by atoms with Crippen LogP contribution >= 0.6 is 0 Å². The van der Waals surface area contributed by atoms with Gasteiger partial charge in [0.2, 0.25) is 0 Å². The summed E-state index contributed by atoms with van der Waals surface area (Å²) in [5.74, 6) is 1.87. The summed E-state index contributed by atoms with van der Waals surface area (Å²) in [6.07, 6.45) is 36.2. The average molecular weight is 421 g/mol. The first-order valence-electron chi connectivity index (χ1n) is 14.4. The summed E-state index contributed by atoms with van der Waals surface area (Å²) in [6.45, 7) is 9.56. The Kier molecular flexibility index (Phi) is 24.8. The van der Waals surface area contributed by atoms with E-state index in [-0.39, 0.29) is 0 Å². The highest BCUT2D eigenvalue weighted by molar-refractivity contribution is 4.81. The van der Waals surface area contributed by atoms with E-state index in [4.69, 9.17) is 0 Å². The molecule has 0 saturated heterocycles. The van der Waals surface area contributed by atoms with Gasteiger partial charge in [0.25, 0.3) is 0 Å². The van der Waals surface area contributed by atoms with Crippen molar-refractivity contribution in [3.63, 3.8) is 0 Å². The molecule has 0 aliphatic heterocycles. The van der Waals surface area contributed by atoms with Crippen LogP contribution in [0.1, 0.15) is 169 Å². The SMILES string of the molecule is CCCCCCCCCCC/C=C/CCCCC(C)CCC(C)CCCCCCC. The van der Waals surface area contributed by atoms with E-state index in [0.717, 1.165) is 11.8 Å². The summed E-state index contributed by atoms with van der Waals surface area (Å²) >= 11 is 0. The third-order valence-electron chi connectivity index (χ3n) is 6.91. The highest BCUT2D eigenvalue weighted by atomic mass is 14.1. The van der Waals surface area contributed by atoms with Crippen LogP contribution in [-0.2, 0) is 0 Å². The molecule has 30 heavy (non-hydrogen) atoms. The lowest BCUT2D eigenvalue weighted by molar-refractivity contribution is 0.379.